The molecule has 10 heteroatoms. The Hall–Kier alpha value is -3.52. The molecule has 4 rings (SSSR count). The number of amides is 1. The zero-order valence-corrected chi connectivity index (χ0v) is 20.4. The monoisotopic (exact) mass is 495 g/mol. The first-order valence-electron chi connectivity index (χ1n) is 11.9. The molecule has 0 saturated carbocycles. The molecule has 1 aromatic heterocycles. The van der Waals surface area contributed by atoms with E-state index in [-0.39, 0.29) is 11.5 Å². The van der Waals surface area contributed by atoms with Crippen LogP contribution in [-0.2, 0) is 22.5 Å². The molecule has 36 heavy (non-hydrogen) atoms. The summed E-state index contributed by atoms with van der Waals surface area (Å²) >= 11 is 0. The van der Waals surface area contributed by atoms with Gasteiger partial charge in [-0.2, -0.15) is 5.26 Å². The standard InChI is InChI=1S/C26H30FN5O4/c1-31(2)9-10-32-22-14-19(13-21(27)24(22)36-26(32)34)18-6-4-17(5-7-18)12-20(15-28)30-25(33)23-16-29-8-3-11-35-23/h4-7,13-14,20,23,29H,3,8-12,16H2,1-2H3,(H,30,33)/t20-,23-/m0/s1. The molecule has 1 saturated heterocycles. The predicted octanol–water partition coefficient (Wildman–Crippen LogP) is 1.89. The van der Waals surface area contributed by atoms with Crippen molar-refractivity contribution in [1.29, 1.82) is 5.26 Å². The molecule has 0 spiro atoms. The predicted molar refractivity (Wildman–Crippen MR) is 133 cm³/mol. The maximum absolute atomic E-state index is 14.8. The average Bonchev–Trinajstić information content (AvgIpc) is 3.01. The number of nitrogens with one attached hydrogen (secondary N) is 2. The van der Waals surface area contributed by atoms with Crippen LogP contribution in [0.15, 0.2) is 45.6 Å². The van der Waals surface area contributed by atoms with Crippen molar-refractivity contribution in [2.75, 3.05) is 40.3 Å². The second-order valence-electron chi connectivity index (χ2n) is 9.14. The summed E-state index contributed by atoms with van der Waals surface area (Å²) in [6.45, 7) is 2.70. The number of hydrogen-bond donors (Lipinski definition) is 2. The Bertz CT molecular complexity index is 1300. The van der Waals surface area contributed by atoms with Crippen molar-refractivity contribution in [2.24, 2.45) is 0 Å². The third-order valence-corrected chi connectivity index (χ3v) is 6.13. The Labute approximate surface area is 208 Å². The zero-order chi connectivity index (χ0) is 25.7. The third kappa shape index (κ3) is 5.99. The Morgan fingerprint density at radius 1 is 1.31 bits per heavy atom. The van der Waals surface area contributed by atoms with E-state index in [1.165, 1.54) is 10.6 Å². The molecule has 1 amide bonds. The van der Waals surface area contributed by atoms with Gasteiger partial charge in [0.05, 0.1) is 11.6 Å². The van der Waals surface area contributed by atoms with Gasteiger partial charge < -0.3 is 24.7 Å². The van der Waals surface area contributed by atoms with Gasteiger partial charge in [0.1, 0.15) is 12.1 Å². The lowest BCUT2D eigenvalue weighted by Crippen LogP contribution is -2.46. The first-order valence-corrected chi connectivity index (χ1v) is 11.9. The van der Waals surface area contributed by atoms with Crippen LogP contribution in [0, 0.1) is 17.1 Å². The molecule has 1 aliphatic rings. The normalized spacial score (nSPS) is 17.0. The summed E-state index contributed by atoms with van der Waals surface area (Å²) in [7, 11) is 3.79. The minimum Gasteiger partial charge on any atom is -0.405 e. The van der Waals surface area contributed by atoms with E-state index in [2.05, 4.69) is 16.7 Å². The number of rotatable bonds is 8. The largest absolute Gasteiger partial charge is 0.420 e. The Kier molecular flexibility index (Phi) is 8.15. The second kappa shape index (κ2) is 11.5. The zero-order valence-electron chi connectivity index (χ0n) is 20.4. The van der Waals surface area contributed by atoms with Crippen LogP contribution in [0.25, 0.3) is 22.2 Å². The fourth-order valence-corrected chi connectivity index (χ4v) is 4.15. The second-order valence-corrected chi connectivity index (χ2v) is 9.14. The number of hydrogen-bond acceptors (Lipinski definition) is 7. The molecule has 1 aliphatic heterocycles. The maximum Gasteiger partial charge on any atom is 0.420 e. The highest BCUT2D eigenvalue weighted by atomic mass is 19.1. The van der Waals surface area contributed by atoms with Gasteiger partial charge in [-0.15, -0.1) is 0 Å². The van der Waals surface area contributed by atoms with Crippen molar-refractivity contribution in [3.8, 4) is 17.2 Å². The van der Waals surface area contributed by atoms with E-state index < -0.39 is 23.7 Å². The molecule has 9 nitrogen and oxygen atoms in total. The minimum absolute atomic E-state index is 0.0559. The van der Waals surface area contributed by atoms with Crippen molar-refractivity contribution in [1.82, 2.24) is 20.1 Å². The summed E-state index contributed by atoms with van der Waals surface area (Å²) in [6.07, 6.45) is 0.541. The van der Waals surface area contributed by atoms with Crippen LogP contribution < -0.4 is 16.4 Å². The topological polar surface area (TPSA) is 113 Å². The van der Waals surface area contributed by atoms with E-state index in [9.17, 15) is 19.2 Å². The van der Waals surface area contributed by atoms with Crippen LogP contribution in [0.2, 0.25) is 0 Å². The number of nitrogens with zero attached hydrogens (tertiary/aromatic N) is 3. The Morgan fingerprint density at radius 2 is 2.08 bits per heavy atom. The number of carbonyl (C=O) groups is 1. The highest BCUT2D eigenvalue weighted by Crippen LogP contribution is 2.27. The Morgan fingerprint density at radius 3 is 2.81 bits per heavy atom. The van der Waals surface area contributed by atoms with Crippen LogP contribution in [-0.4, -0.2) is 67.9 Å². The van der Waals surface area contributed by atoms with Gasteiger partial charge in [0.25, 0.3) is 5.91 Å². The smallest absolute Gasteiger partial charge is 0.405 e. The number of halogens is 1. The molecule has 2 atom stereocenters. The highest BCUT2D eigenvalue weighted by Gasteiger charge is 2.23. The van der Waals surface area contributed by atoms with Gasteiger partial charge in [-0.3, -0.25) is 9.36 Å². The highest BCUT2D eigenvalue weighted by molar-refractivity contribution is 5.82. The lowest BCUT2D eigenvalue weighted by molar-refractivity contribution is -0.132. The van der Waals surface area contributed by atoms with Crippen molar-refractivity contribution in [3.05, 3.63) is 58.3 Å². The van der Waals surface area contributed by atoms with Crippen LogP contribution in [0.4, 0.5) is 4.39 Å². The fraction of sp³-hybridized carbons (Fsp3) is 0.423. The summed E-state index contributed by atoms with van der Waals surface area (Å²) < 4.78 is 26.9. The molecule has 2 N–H and O–H groups in total. The van der Waals surface area contributed by atoms with E-state index in [1.807, 2.05) is 43.3 Å². The van der Waals surface area contributed by atoms with Crippen molar-refractivity contribution >= 4 is 17.0 Å². The lowest BCUT2D eigenvalue weighted by Gasteiger charge is -2.18. The van der Waals surface area contributed by atoms with Gasteiger partial charge in [0.15, 0.2) is 11.4 Å². The van der Waals surface area contributed by atoms with E-state index in [4.69, 9.17) is 9.15 Å². The maximum atomic E-state index is 14.8. The number of fused-ring (bicyclic) bond motifs is 1. The third-order valence-electron chi connectivity index (χ3n) is 6.13. The van der Waals surface area contributed by atoms with E-state index in [1.54, 1.807) is 6.07 Å². The number of carbonyl (C=O) groups excluding carboxylic acids is 1. The van der Waals surface area contributed by atoms with Gasteiger partial charge >= 0.3 is 5.76 Å². The first-order chi connectivity index (χ1) is 17.4. The van der Waals surface area contributed by atoms with E-state index in [0.29, 0.717) is 43.7 Å². The quantitative estimate of drug-likeness (QED) is 0.491. The van der Waals surface area contributed by atoms with Crippen molar-refractivity contribution in [2.45, 2.75) is 31.5 Å². The van der Waals surface area contributed by atoms with Crippen LogP contribution in [0.3, 0.4) is 0 Å². The van der Waals surface area contributed by atoms with Gasteiger partial charge in [-0.1, -0.05) is 24.3 Å². The number of benzene rings is 2. The van der Waals surface area contributed by atoms with Crippen molar-refractivity contribution in [3.63, 3.8) is 0 Å². The molecule has 0 bridgehead atoms. The fourth-order valence-electron chi connectivity index (χ4n) is 4.15. The number of ether oxygens (including phenoxy) is 1. The summed E-state index contributed by atoms with van der Waals surface area (Å²) in [4.78, 5) is 26.7. The minimum atomic E-state index is -0.707. The lowest BCUT2D eigenvalue weighted by atomic mass is 10.0. The molecule has 3 aromatic rings. The number of nitriles is 1. The first kappa shape index (κ1) is 25.6. The molecule has 0 unspecified atom stereocenters. The molecule has 0 aliphatic carbocycles. The van der Waals surface area contributed by atoms with E-state index >= 15 is 0 Å². The molecule has 2 heterocycles. The summed E-state index contributed by atoms with van der Waals surface area (Å²) in [6, 6.07) is 11.8. The van der Waals surface area contributed by atoms with Crippen LogP contribution >= 0.6 is 0 Å². The molecule has 190 valence electrons. The summed E-state index contributed by atoms with van der Waals surface area (Å²) in [5.74, 6) is -1.50. The SMILES string of the molecule is CN(C)CCn1c(=O)oc2c(F)cc(-c3ccc(C[C@@H](C#N)NC(=O)[C@@H]4CNCCCO4)cc3)cc21. The Balaban J connectivity index is 1.49. The molecule has 2 aromatic carbocycles. The van der Waals surface area contributed by atoms with Crippen LogP contribution in [0.5, 0.6) is 0 Å². The number of likely N-dealkylation sites (N-methyl/N-ethyl adjacent to an activating group) is 1. The van der Waals surface area contributed by atoms with Crippen molar-refractivity contribution < 1.29 is 18.3 Å². The van der Waals surface area contributed by atoms with Crippen LogP contribution in [0.1, 0.15) is 12.0 Å². The average molecular weight is 496 g/mol. The number of aromatic nitrogens is 1. The summed E-state index contributed by atoms with van der Waals surface area (Å²) in [5.41, 5.74) is 2.55. The molecule has 1 fully saturated rings. The van der Waals surface area contributed by atoms with E-state index in [0.717, 1.165) is 24.1 Å². The molecular formula is C26H30FN5O4. The summed E-state index contributed by atoms with van der Waals surface area (Å²) in [5, 5.41) is 15.5. The van der Waals surface area contributed by atoms with Gasteiger partial charge in [0.2, 0.25) is 0 Å². The van der Waals surface area contributed by atoms with Gasteiger partial charge in [-0.05, 0) is 55.9 Å². The van der Waals surface area contributed by atoms with Gasteiger partial charge in [0, 0.05) is 32.7 Å². The number of oxazole rings is 1. The molecule has 0 radical (unpaired) electrons. The molecular weight excluding hydrogens is 465 g/mol. The van der Waals surface area contributed by atoms with Gasteiger partial charge in [-0.25, -0.2) is 9.18 Å².